The van der Waals surface area contributed by atoms with Gasteiger partial charge in [-0.1, -0.05) is 12.1 Å². The lowest BCUT2D eigenvalue weighted by Crippen LogP contribution is -2.33. The molecule has 0 aliphatic rings. The Morgan fingerprint density at radius 1 is 1.31 bits per heavy atom. The zero-order valence-electron chi connectivity index (χ0n) is 9.73. The lowest BCUT2D eigenvalue weighted by molar-refractivity contribution is 0.414. The molecule has 1 aromatic carbocycles. The summed E-state index contributed by atoms with van der Waals surface area (Å²) in [5.74, 6) is 0.799. The Kier molecular flexibility index (Phi) is 4.32. The monoisotopic (exact) mass is 243 g/mol. The number of ether oxygens (including phenoxy) is 1. The molecule has 4 nitrogen and oxygen atoms in total. The molecule has 0 saturated carbocycles. The minimum Gasteiger partial charge on any atom is -0.497 e. The van der Waals surface area contributed by atoms with Crippen LogP contribution in [0.4, 0.5) is 0 Å². The van der Waals surface area contributed by atoms with Crippen molar-refractivity contribution in [1.82, 2.24) is 4.72 Å². The van der Waals surface area contributed by atoms with Gasteiger partial charge in [0, 0.05) is 6.04 Å². The van der Waals surface area contributed by atoms with Crippen molar-refractivity contribution < 1.29 is 13.2 Å². The maximum absolute atomic E-state index is 11.0. The maximum atomic E-state index is 11.0. The molecule has 0 radical (unpaired) electrons. The van der Waals surface area contributed by atoms with Crippen LogP contribution < -0.4 is 9.46 Å². The fourth-order valence-electron chi connectivity index (χ4n) is 1.52. The number of sulfonamides is 1. The molecule has 1 N–H and O–H groups in total. The van der Waals surface area contributed by atoms with Gasteiger partial charge in [-0.3, -0.25) is 0 Å². The normalized spacial score (nSPS) is 13.4. The van der Waals surface area contributed by atoms with Crippen molar-refractivity contribution in [1.29, 1.82) is 0 Å². The fraction of sp³-hybridized carbons (Fsp3) is 0.455. The summed E-state index contributed by atoms with van der Waals surface area (Å²) in [6, 6.07) is 7.48. The van der Waals surface area contributed by atoms with Gasteiger partial charge in [0.05, 0.1) is 13.4 Å². The molecule has 5 heteroatoms. The summed E-state index contributed by atoms with van der Waals surface area (Å²) >= 11 is 0. The van der Waals surface area contributed by atoms with Crippen LogP contribution in [0.3, 0.4) is 0 Å². The van der Waals surface area contributed by atoms with Gasteiger partial charge in [-0.25, -0.2) is 13.1 Å². The Hall–Kier alpha value is -1.07. The van der Waals surface area contributed by atoms with Crippen molar-refractivity contribution in [3.05, 3.63) is 29.8 Å². The Balaban J connectivity index is 2.59. The van der Waals surface area contributed by atoms with Crippen LogP contribution >= 0.6 is 0 Å². The van der Waals surface area contributed by atoms with E-state index in [1.54, 1.807) is 7.11 Å². The summed E-state index contributed by atoms with van der Waals surface area (Å²) in [7, 11) is -1.52. The van der Waals surface area contributed by atoms with Crippen molar-refractivity contribution in [2.24, 2.45) is 0 Å². The molecule has 0 fully saturated rings. The SMILES string of the molecule is COc1ccc(C[C@@H](C)NS(C)(=O)=O)cc1. The van der Waals surface area contributed by atoms with Gasteiger partial charge in [0.15, 0.2) is 0 Å². The molecule has 90 valence electrons. The number of benzene rings is 1. The third-order valence-electron chi connectivity index (χ3n) is 2.12. The molecular formula is C11H17NO3S. The first-order valence-electron chi connectivity index (χ1n) is 5.01. The van der Waals surface area contributed by atoms with E-state index in [2.05, 4.69) is 4.72 Å². The molecule has 1 atom stereocenters. The predicted molar refractivity (Wildman–Crippen MR) is 64.1 cm³/mol. The number of nitrogens with one attached hydrogen (secondary N) is 1. The van der Waals surface area contributed by atoms with E-state index in [1.165, 1.54) is 0 Å². The van der Waals surface area contributed by atoms with E-state index < -0.39 is 10.0 Å². The van der Waals surface area contributed by atoms with E-state index in [0.29, 0.717) is 6.42 Å². The van der Waals surface area contributed by atoms with E-state index in [9.17, 15) is 8.42 Å². The van der Waals surface area contributed by atoms with Gasteiger partial charge in [0.1, 0.15) is 5.75 Å². The van der Waals surface area contributed by atoms with E-state index in [-0.39, 0.29) is 6.04 Å². The number of rotatable bonds is 5. The molecular weight excluding hydrogens is 226 g/mol. The molecule has 0 spiro atoms. The Morgan fingerprint density at radius 2 is 1.88 bits per heavy atom. The van der Waals surface area contributed by atoms with Crippen LogP contribution in [0.2, 0.25) is 0 Å². The number of hydrogen-bond donors (Lipinski definition) is 1. The van der Waals surface area contributed by atoms with Crippen LogP contribution in [0.5, 0.6) is 5.75 Å². The van der Waals surface area contributed by atoms with Gasteiger partial charge in [-0.05, 0) is 31.0 Å². The first kappa shape index (κ1) is 13.0. The molecule has 1 aromatic rings. The topological polar surface area (TPSA) is 55.4 Å². The molecule has 0 amide bonds. The second-order valence-corrected chi connectivity index (χ2v) is 5.62. The molecule has 0 heterocycles. The van der Waals surface area contributed by atoms with Crippen molar-refractivity contribution in [3.8, 4) is 5.75 Å². The lowest BCUT2D eigenvalue weighted by atomic mass is 10.1. The van der Waals surface area contributed by atoms with Crippen LogP contribution in [0.25, 0.3) is 0 Å². The highest BCUT2D eigenvalue weighted by atomic mass is 32.2. The van der Waals surface area contributed by atoms with Gasteiger partial charge < -0.3 is 4.74 Å². The Bertz CT molecular complexity index is 425. The molecule has 0 bridgehead atoms. The number of hydrogen-bond acceptors (Lipinski definition) is 3. The Labute approximate surface area is 96.7 Å². The van der Waals surface area contributed by atoms with Crippen molar-refractivity contribution in [2.75, 3.05) is 13.4 Å². The van der Waals surface area contributed by atoms with Crippen LogP contribution in [-0.2, 0) is 16.4 Å². The van der Waals surface area contributed by atoms with Crippen LogP contribution in [0.15, 0.2) is 24.3 Å². The highest BCUT2D eigenvalue weighted by molar-refractivity contribution is 7.88. The van der Waals surface area contributed by atoms with Crippen LogP contribution in [0.1, 0.15) is 12.5 Å². The third-order valence-corrected chi connectivity index (χ3v) is 2.95. The first-order valence-corrected chi connectivity index (χ1v) is 6.90. The van der Waals surface area contributed by atoms with Gasteiger partial charge in [0.25, 0.3) is 0 Å². The van der Waals surface area contributed by atoms with Gasteiger partial charge in [-0.15, -0.1) is 0 Å². The van der Waals surface area contributed by atoms with Crippen molar-refractivity contribution in [2.45, 2.75) is 19.4 Å². The number of methoxy groups -OCH3 is 1. The fourth-order valence-corrected chi connectivity index (χ4v) is 2.34. The molecule has 0 aliphatic carbocycles. The van der Waals surface area contributed by atoms with Crippen LogP contribution in [-0.4, -0.2) is 27.8 Å². The largest absolute Gasteiger partial charge is 0.497 e. The van der Waals surface area contributed by atoms with E-state index in [0.717, 1.165) is 17.6 Å². The standard InChI is InChI=1S/C11H17NO3S/c1-9(12-16(3,13)14)8-10-4-6-11(15-2)7-5-10/h4-7,9,12H,8H2,1-3H3/t9-/m1/s1. The second kappa shape index (κ2) is 5.32. The molecule has 0 saturated heterocycles. The zero-order valence-corrected chi connectivity index (χ0v) is 10.5. The third kappa shape index (κ3) is 4.63. The van der Waals surface area contributed by atoms with E-state index in [1.807, 2.05) is 31.2 Å². The molecule has 16 heavy (non-hydrogen) atoms. The minimum atomic E-state index is -3.13. The average Bonchev–Trinajstić information content (AvgIpc) is 2.16. The average molecular weight is 243 g/mol. The molecule has 0 aromatic heterocycles. The second-order valence-electron chi connectivity index (χ2n) is 3.84. The smallest absolute Gasteiger partial charge is 0.208 e. The van der Waals surface area contributed by atoms with Gasteiger partial charge in [-0.2, -0.15) is 0 Å². The molecule has 0 aliphatic heterocycles. The summed E-state index contributed by atoms with van der Waals surface area (Å²) in [5.41, 5.74) is 1.07. The first-order chi connectivity index (χ1) is 7.40. The maximum Gasteiger partial charge on any atom is 0.208 e. The van der Waals surface area contributed by atoms with Gasteiger partial charge in [0.2, 0.25) is 10.0 Å². The lowest BCUT2D eigenvalue weighted by Gasteiger charge is -2.12. The predicted octanol–water partition coefficient (Wildman–Crippen LogP) is 1.18. The Morgan fingerprint density at radius 3 is 2.31 bits per heavy atom. The van der Waals surface area contributed by atoms with Gasteiger partial charge >= 0.3 is 0 Å². The summed E-state index contributed by atoms with van der Waals surface area (Å²) in [6.45, 7) is 1.84. The minimum absolute atomic E-state index is 0.108. The van der Waals surface area contributed by atoms with E-state index in [4.69, 9.17) is 4.74 Å². The summed E-state index contributed by atoms with van der Waals surface area (Å²) < 4.78 is 29.6. The summed E-state index contributed by atoms with van der Waals surface area (Å²) in [5, 5.41) is 0. The van der Waals surface area contributed by atoms with Crippen molar-refractivity contribution in [3.63, 3.8) is 0 Å². The quantitative estimate of drug-likeness (QED) is 0.844. The van der Waals surface area contributed by atoms with Crippen molar-refractivity contribution >= 4 is 10.0 Å². The molecule has 0 unspecified atom stereocenters. The summed E-state index contributed by atoms with van der Waals surface area (Å²) in [6.07, 6.45) is 1.83. The summed E-state index contributed by atoms with van der Waals surface area (Å²) in [4.78, 5) is 0. The highest BCUT2D eigenvalue weighted by Gasteiger charge is 2.09. The van der Waals surface area contributed by atoms with E-state index >= 15 is 0 Å². The van der Waals surface area contributed by atoms with Crippen LogP contribution in [0, 0.1) is 0 Å². The molecule has 1 rings (SSSR count). The zero-order chi connectivity index (χ0) is 12.2. The highest BCUT2D eigenvalue weighted by Crippen LogP contribution is 2.12.